The number of hydrogen-bond acceptors (Lipinski definition) is 10. The fourth-order valence-corrected chi connectivity index (χ4v) is 6.81. The molecule has 8 rings (SSSR count). The van der Waals surface area contributed by atoms with Crippen molar-refractivity contribution >= 4 is 34.5 Å². The molecule has 0 radical (unpaired) electrons. The first-order valence-corrected chi connectivity index (χ1v) is 20.3. The van der Waals surface area contributed by atoms with Crippen LogP contribution < -0.4 is 30.1 Å². The van der Waals surface area contributed by atoms with Gasteiger partial charge in [-0.25, -0.2) is 9.97 Å². The molecule has 4 aromatic heterocycles. The maximum Gasteiger partial charge on any atom is 0.298 e. The van der Waals surface area contributed by atoms with Crippen LogP contribution in [0.25, 0.3) is 22.3 Å². The van der Waals surface area contributed by atoms with Gasteiger partial charge in [0, 0.05) is 11.8 Å². The molecule has 0 bridgehead atoms. The number of H-pyrrole nitrogens is 3. The summed E-state index contributed by atoms with van der Waals surface area (Å²) >= 11 is 5.44. The monoisotopic (exact) mass is 840 g/mol. The Hall–Kier alpha value is -7.00. The van der Waals surface area contributed by atoms with Gasteiger partial charge >= 0.3 is 0 Å². The molecule has 3 N–H and O–H groups in total. The third kappa shape index (κ3) is 9.90. The van der Waals surface area contributed by atoms with Gasteiger partial charge in [0.25, 0.3) is 11.1 Å². The molecule has 0 atom stereocenters. The van der Waals surface area contributed by atoms with E-state index in [9.17, 15) is 9.59 Å². The van der Waals surface area contributed by atoms with E-state index in [1.165, 1.54) is 6.33 Å². The first-order valence-electron chi connectivity index (χ1n) is 19.9. The molecule has 61 heavy (non-hydrogen) atoms. The molecule has 8 aromatic rings. The number of ether oxygens (including phenoxy) is 4. The van der Waals surface area contributed by atoms with Crippen LogP contribution >= 0.6 is 12.2 Å². The van der Waals surface area contributed by atoms with E-state index < -0.39 is 0 Å². The fourth-order valence-electron chi connectivity index (χ4n) is 6.56. The van der Waals surface area contributed by atoms with Crippen LogP contribution in [-0.4, -0.2) is 53.3 Å². The van der Waals surface area contributed by atoms with Crippen molar-refractivity contribution in [2.24, 2.45) is 0 Å². The van der Waals surface area contributed by atoms with Crippen molar-refractivity contribution in [3.63, 3.8) is 0 Å². The number of fused-ring (bicyclic) bond motifs is 2. The summed E-state index contributed by atoms with van der Waals surface area (Å²) in [5.41, 5.74) is 5.50. The number of aromatic amines is 3. The number of benzene rings is 4. The Kier molecular flexibility index (Phi) is 13.1. The van der Waals surface area contributed by atoms with Gasteiger partial charge in [-0.2, -0.15) is 4.98 Å². The predicted molar refractivity (Wildman–Crippen MR) is 238 cm³/mol. The van der Waals surface area contributed by atoms with Crippen molar-refractivity contribution in [2.45, 2.75) is 65.8 Å². The van der Waals surface area contributed by atoms with Crippen molar-refractivity contribution in [3.05, 3.63) is 163 Å². The molecule has 14 nitrogen and oxygen atoms in total. The molecule has 0 aliphatic carbocycles. The molecule has 0 aliphatic rings. The Labute approximate surface area is 357 Å². The standard InChI is InChI=1S/C23H24N4O3S.C23H24N4O3/c1-14(2)20-24-19-21(25-20)27(23(31)26-22(19)28)12-16-9-10-17(29-3)18(11-16)30-13-15-7-5-4-6-8-15;1-15(2)21-25-20-22(26-21)27(14-24-23(20)28)12-17-9-10-18(29-3)19(11-17)30-13-16-7-5-4-6-8-16/h4-11,14H,12-13H2,1-3H3,(H,24,25)(H,26,28,31);4-11,14-15H,12-13H2,1-3H3,(H,25,26). The van der Waals surface area contributed by atoms with E-state index in [2.05, 4.69) is 29.9 Å². The SMILES string of the molecule is COc1ccc(Cn2c(=S)[nH]c(=O)c3[nH]c(C(C)C)nc32)cc1OCc1ccccc1.COc1ccc(Cn2cnc(=O)c3[nH]c(C(C)C)nc32)cc1OCc1ccccc1. The van der Waals surface area contributed by atoms with Crippen molar-refractivity contribution in [1.29, 1.82) is 0 Å². The zero-order chi connectivity index (χ0) is 43.0. The number of nitrogens with one attached hydrogen (secondary N) is 3. The molecule has 0 fully saturated rings. The summed E-state index contributed by atoms with van der Waals surface area (Å²) in [4.78, 5) is 46.7. The predicted octanol–water partition coefficient (Wildman–Crippen LogP) is 8.42. The lowest BCUT2D eigenvalue weighted by atomic mass is 10.2. The summed E-state index contributed by atoms with van der Waals surface area (Å²) in [5.74, 6) is 4.48. The first kappa shape index (κ1) is 42.1. The van der Waals surface area contributed by atoms with Crippen molar-refractivity contribution in [2.75, 3.05) is 14.2 Å². The van der Waals surface area contributed by atoms with E-state index in [0.717, 1.165) is 33.9 Å². The van der Waals surface area contributed by atoms with Crippen LogP contribution in [0.1, 0.15) is 73.4 Å². The van der Waals surface area contributed by atoms with E-state index in [1.54, 1.807) is 14.2 Å². The van der Waals surface area contributed by atoms with E-state index >= 15 is 0 Å². The summed E-state index contributed by atoms with van der Waals surface area (Å²) in [6.07, 6.45) is 1.53. The molecule has 15 heteroatoms. The number of imidazole rings is 2. The molecule has 0 spiro atoms. The maximum absolute atomic E-state index is 12.4. The average Bonchev–Trinajstić information content (AvgIpc) is 3.94. The van der Waals surface area contributed by atoms with Crippen LogP contribution in [0, 0.1) is 4.77 Å². The van der Waals surface area contributed by atoms with E-state index in [4.69, 9.17) is 31.2 Å². The quantitative estimate of drug-likeness (QED) is 0.0905. The number of nitrogens with zero attached hydrogens (tertiary/aromatic N) is 5. The highest BCUT2D eigenvalue weighted by Gasteiger charge is 2.16. The van der Waals surface area contributed by atoms with E-state index in [-0.39, 0.29) is 23.0 Å². The van der Waals surface area contributed by atoms with E-state index in [1.807, 2.05) is 134 Å². The van der Waals surface area contributed by atoms with Gasteiger partial charge in [-0.05, 0) is 58.7 Å². The van der Waals surface area contributed by atoms with Crippen molar-refractivity contribution in [3.8, 4) is 23.0 Å². The van der Waals surface area contributed by atoms with Gasteiger partial charge < -0.3 is 33.5 Å². The number of methoxy groups -OCH3 is 2. The zero-order valence-electron chi connectivity index (χ0n) is 34.9. The third-order valence-corrected chi connectivity index (χ3v) is 10.2. The lowest BCUT2D eigenvalue weighted by Crippen LogP contribution is -2.15. The average molecular weight is 841 g/mol. The molecule has 4 aromatic carbocycles. The van der Waals surface area contributed by atoms with Gasteiger partial charge in [-0.3, -0.25) is 19.1 Å². The van der Waals surface area contributed by atoms with E-state index in [0.29, 0.717) is 76.4 Å². The minimum absolute atomic E-state index is 0.160. The fraction of sp³-hybridized carbons (Fsp3) is 0.261. The van der Waals surface area contributed by atoms with Gasteiger partial charge in [-0.1, -0.05) is 100 Å². The lowest BCUT2D eigenvalue weighted by molar-refractivity contribution is 0.284. The third-order valence-electron chi connectivity index (χ3n) is 9.87. The Morgan fingerprint density at radius 3 is 1.64 bits per heavy atom. The van der Waals surface area contributed by atoms with Crippen LogP contribution in [0.5, 0.6) is 23.0 Å². The topological polar surface area (TPSA) is 167 Å². The molecule has 0 saturated heterocycles. The highest BCUT2D eigenvalue weighted by Crippen LogP contribution is 2.31. The number of hydrogen-bond donors (Lipinski definition) is 3. The zero-order valence-corrected chi connectivity index (χ0v) is 35.7. The first-order chi connectivity index (χ1) is 29.5. The highest BCUT2D eigenvalue weighted by molar-refractivity contribution is 7.71. The molecule has 4 heterocycles. The Bertz CT molecular complexity index is 2940. The normalized spacial score (nSPS) is 11.2. The van der Waals surface area contributed by atoms with Crippen LogP contribution in [0.3, 0.4) is 0 Å². The van der Waals surface area contributed by atoms with Crippen LogP contribution in [0.2, 0.25) is 0 Å². The summed E-state index contributed by atoms with van der Waals surface area (Å²) in [6.45, 7) is 9.90. The summed E-state index contributed by atoms with van der Waals surface area (Å²) in [5, 5.41) is 0. The Morgan fingerprint density at radius 2 is 1.11 bits per heavy atom. The number of aromatic nitrogens is 8. The highest BCUT2D eigenvalue weighted by atomic mass is 32.1. The van der Waals surface area contributed by atoms with Crippen LogP contribution in [0.4, 0.5) is 0 Å². The smallest absolute Gasteiger partial charge is 0.298 e. The second-order valence-electron chi connectivity index (χ2n) is 15.0. The molecular formula is C46H48N8O6S. The minimum atomic E-state index is -0.303. The van der Waals surface area contributed by atoms with Crippen molar-refractivity contribution < 1.29 is 18.9 Å². The van der Waals surface area contributed by atoms with Gasteiger partial charge in [-0.15, -0.1) is 0 Å². The molecular weight excluding hydrogens is 793 g/mol. The Morgan fingerprint density at radius 1 is 0.607 bits per heavy atom. The van der Waals surface area contributed by atoms with Gasteiger partial charge in [0.05, 0.1) is 27.3 Å². The Balaban J connectivity index is 0.000000184. The van der Waals surface area contributed by atoms with Gasteiger partial charge in [0.2, 0.25) is 0 Å². The molecule has 0 amide bonds. The molecule has 314 valence electrons. The second kappa shape index (κ2) is 18.9. The molecule has 0 aliphatic heterocycles. The molecule has 0 unspecified atom stereocenters. The molecule has 0 saturated carbocycles. The minimum Gasteiger partial charge on any atom is -0.493 e. The van der Waals surface area contributed by atoms with Gasteiger partial charge in [0.15, 0.2) is 44.6 Å². The van der Waals surface area contributed by atoms with Crippen molar-refractivity contribution in [1.82, 2.24) is 39.0 Å². The summed E-state index contributed by atoms with van der Waals surface area (Å²) in [6, 6.07) is 31.5. The summed E-state index contributed by atoms with van der Waals surface area (Å²) < 4.78 is 27.0. The largest absolute Gasteiger partial charge is 0.493 e. The summed E-state index contributed by atoms with van der Waals surface area (Å²) in [7, 11) is 3.24. The second-order valence-corrected chi connectivity index (χ2v) is 15.4. The lowest BCUT2D eigenvalue weighted by Gasteiger charge is -2.14. The maximum atomic E-state index is 12.4. The van der Waals surface area contributed by atoms with Gasteiger partial charge in [0.1, 0.15) is 36.7 Å². The van der Waals surface area contributed by atoms with Crippen LogP contribution in [0.15, 0.2) is 113 Å². The van der Waals surface area contributed by atoms with Crippen LogP contribution in [-0.2, 0) is 26.3 Å². The number of rotatable bonds is 14.